The molecule has 0 saturated heterocycles. The number of thiazole rings is 1. The molecule has 42 heavy (non-hydrogen) atoms. The lowest BCUT2D eigenvalue weighted by Gasteiger charge is -2.23. The molecule has 5 aromatic rings. The molecule has 8 nitrogen and oxygen atoms in total. The summed E-state index contributed by atoms with van der Waals surface area (Å²) < 4.78 is 79.7. The van der Waals surface area contributed by atoms with Gasteiger partial charge in [-0.25, -0.2) is 22.6 Å². The lowest BCUT2D eigenvalue weighted by Crippen LogP contribution is -2.30. The smallest absolute Gasteiger partial charge is 0.415 e. The Balaban J connectivity index is 1.59. The number of aromatic nitrogens is 2. The highest BCUT2D eigenvalue weighted by molar-refractivity contribution is 7.93. The summed E-state index contributed by atoms with van der Waals surface area (Å²) in [5.41, 5.74) is -0.115. The summed E-state index contributed by atoms with van der Waals surface area (Å²) >= 11 is 1.16. The molecule has 0 aliphatic rings. The molecule has 2 aromatic heterocycles. The van der Waals surface area contributed by atoms with E-state index in [4.69, 9.17) is 16.0 Å². The largest absolute Gasteiger partial charge is 0.497 e. The van der Waals surface area contributed by atoms with Crippen LogP contribution >= 0.6 is 11.3 Å². The third-order valence-electron chi connectivity index (χ3n) is 6.47. The van der Waals surface area contributed by atoms with Crippen LogP contribution in [0.25, 0.3) is 26.9 Å². The lowest BCUT2D eigenvalue weighted by molar-refractivity contribution is -0.137. The van der Waals surface area contributed by atoms with E-state index in [0.29, 0.717) is 27.8 Å². The fraction of sp³-hybridized carbons (Fsp3) is 0.138. The van der Waals surface area contributed by atoms with Gasteiger partial charge in [-0.2, -0.15) is 13.2 Å². The third-order valence-corrected chi connectivity index (χ3v) is 9.11. The van der Waals surface area contributed by atoms with Gasteiger partial charge in [0.25, 0.3) is 10.0 Å². The van der Waals surface area contributed by atoms with Gasteiger partial charge in [-0.05, 0) is 41.8 Å². The van der Waals surface area contributed by atoms with Crippen molar-refractivity contribution in [3.05, 3.63) is 101 Å². The molecule has 0 saturated carbocycles. The normalized spacial score (nSPS) is 11.7. The topological polar surface area (TPSA) is 86.0 Å². The van der Waals surface area contributed by atoms with E-state index in [0.717, 1.165) is 23.5 Å². The number of halogens is 3. The van der Waals surface area contributed by atoms with Crippen molar-refractivity contribution in [1.29, 1.82) is 0 Å². The van der Waals surface area contributed by atoms with E-state index in [-0.39, 0.29) is 33.5 Å². The molecule has 0 unspecified atom stereocenters. The molecule has 0 aliphatic heterocycles. The molecule has 13 heteroatoms. The number of methoxy groups -OCH3 is 2. The summed E-state index contributed by atoms with van der Waals surface area (Å²) in [6, 6.07) is 13.9. The van der Waals surface area contributed by atoms with Crippen LogP contribution in [0.3, 0.4) is 0 Å². The van der Waals surface area contributed by atoms with Crippen LogP contribution in [0.5, 0.6) is 11.5 Å². The Bertz CT molecular complexity index is 1920. The average Bonchev–Trinajstić information content (AvgIpc) is 3.53. The first-order chi connectivity index (χ1) is 20.1. The molecule has 0 atom stereocenters. The molecule has 0 fully saturated rings. The van der Waals surface area contributed by atoms with Crippen LogP contribution in [-0.2, 0) is 22.7 Å². The second-order valence-corrected chi connectivity index (χ2v) is 11.6. The summed E-state index contributed by atoms with van der Waals surface area (Å²) in [7, 11) is -1.17. The number of pyridine rings is 1. The molecular formula is C29H21F3N4O4S2. The zero-order valence-corrected chi connectivity index (χ0v) is 23.7. The average molecular weight is 611 g/mol. The van der Waals surface area contributed by atoms with Crippen LogP contribution in [0.2, 0.25) is 0 Å². The number of rotatable bonds is 8. The number of benzene rings is 3. The molecule has 214 valence electrons. The molecule has 2 heterocycles. The van der Waals surface area contributed by atoms with Crippen LogP contribution in [0.4, 0.5) is 24.0 Å². The maximum absolute atomic E-state index is 14.1. The Labute approximate surface area is 243 Å². The standard InChI is InChI=1S/C29H21F3N4O4S2/c1-33-25-15-20(29(30,31)32)5-8-24(25)27-23-9-7-22(14-18(23)10-11-34-27)42(37,38)36(28-35-12-13-41-28)17-19-4-6-21(39-2)16-26(19)40-3/h4-16H,17H2,2-3H3. The van der Waals surface area contributed by atoms with Crippen LogP contribution in [0, 0.1) is 6.57 Å². The van der Waals surface area contributed by atoms with E-state index in [1.165, 1.54) is 55.2 Å². The number of anilines is 1. The first-order valence-electron chi connectivity index (χ1n) is 12.2. The van der Waals surface area contributed by atoms with E-state index in [9.17, 15) is 21.6 Å². The van der Waals surface area contributed by atoms with Crippen LogP contribution in [0.15, 0.2) is 83.3 Å². The fourth-order valence-corrected chi connectivity index (χ4v) is 6.69. The van der Waals surface area contributed by atoms with Crippen molar-refractivity contribution >= 4 is 43.0 Å². The number of fused-ring (bicyclic) bond motifs is 1. The summed E-state index contributed by atoms with van der Waals surface area (Å²) in [5.74, 6) is 0.986. The second-order valence-electron chi connectivity index (χ2n) is 8.89. The Morgan fingerprint density at radius 3 is 2.45 bits per heavy atom. The highest BCUT2D eigenvalue weighted by atomic mass is 32.2. The Morgan fingerprint density at radius 2 is 1.79 bits per heavy atom. The molecular weight excluding hydrogens is 589 g/mol. The van der Waals surface area contributed by atoms with Gasteiger partial charge < -0.3 is 9.47 Å². The fourth-order valence-electron chi connectivity index (χ4n) is 4.39. The van der Waals surface area contributed by atoms with Gasteiger partial charge in [0.1, 0.15) is 11.5 Å². The Morgan fingerprint density at radius 1 is 0.976 bits per heavy atom. The Hall–Kier alpha value is -4.67. The highest BCUT2D eigenvalue weighted by Crippen LogP contribution is 2.40. The number of nitrogens with zero attached hydrogens (tertiary/aromatic N) is 4. The second kappa shape index (κ2) is 11.3. The predicted octanol–water partition coefficient (Wildman–Crippen LogP) is 7.34. The maximum Gasteiger partial charge on any atom is 0.415 e. The van der Waals surface area contributed by atoms with Crippen LogP contribution in [-0.4, -0.2) is 32.6 Å². The zero-order valence-electron chi connectivity index (χ0n) is 22.1. The number of ether oxygens (including phenoxy) is 2. The number of hydrogen-bond acceptors (Lipinski definition) is 7. The maximum atomic E-state index is 14.1. The lowest BCUT2D eigenvalue weighted by atomic mass is 10.0. The molecule has 3 aromatic carbocycles. The zero-order chi connectivity index (χ0) is 30.1. The van der Waals surface area contributed by atoms with Gasteiger partial charge in [-0.3, -0.25) is 4.98 Å². The van der Waals surface area contributed by atoms with Crippen molar-refractivity contribution in [3.8, 4) is 22.8 Å². The highest BCUT2D eigenvalue weighted by Gasteiger charge is 2.32. The van der Waals surface area contributed by atoms with Crippen molar-refractivity contribution in [1.82, 2.24) is 9.97 Å². The van der Waals surface area contributed by atoms with Crippen molar-refractivity contribution in [2.75, 3.05) is 18.5 Å². The summed E-state index contributed by atoms with van der Waals surface area (Å²) in [6.45, 7) is 7.36. The monoisotopic (exact) mass is 610 g/mol. The van der Waals surface area contributed by atoms with Crippen LogP contribution < -0.4 is 13.8 Å². The van der Waals surface area contributed by atoms with Crippen molar-refractivity contribution in [2.24, 2.45) is 0 Å². The Kier molecular flexibility index (Phi) is 7.77. The van der Waals surface area contributed by atoms with Gasteiger partial charge in [0.2, 0.25) is 0 Å². The summed E-state index contributed by atoms with van der Waals surface area (Å²) in [4.78, 5) is 11.8. The summed E-state index contributed by atoms with van der Waals surface area (Å²) in [5, 5.41) is 2.85. The minimum Gasteiger partial charge on any atom is -0.497 e. The molecule has 0 spiro atoms. The third kappa shape index (κ3) is 5.46. The van der Waals surface area contributed by atoms with E-state index in [1.807, 2.05) is 0 Å². The number of sulfonamides is 1. The van der Waals surface area contributed by atoms with E-state index in [1.54, 1.807) is 29.6 Å². The quantitative estimate of drug-likeness (QED) is 0.171. The molecule has 0 aliphatic carbocycles. The van der Waals surface area contributed by atoms with E-state index < -0.39 is 21.8 Å². The SMILES string of the molecule is [C-]#[N+]c1cc(C(F)(F)F)ccc1-c1nccc2cc(S(=O)(=O)N(Cc3ccc(OC)cc3OC)c3nccs3)ccc12. The van der Waals surface area contributed by atoms with Gasteiger partial charge in [-0.15, -0.1) is 11.3 Å². The minimum absolute atomic E-state index is 0.0346. The molecule has 0 amide bonds. The van der Waals surface area contributed by atoms with Crippen molar-refractivity contribution < 1.29 is 31.1 Å². The van der Waals surface area contributed by atoms with Crippen LogP contribution in [0.1, 0.15) is 11.1 Å². The van der Waals surface area contributed by atoms with Gasteiger partial charge in [0, 0.05) is 45.9 Å². The first-order valence-corrected chi connectivity index (χ1v) is 14.5. The number of alkyl halides is 3. The summed E-state index contributed by atoms with van der Waals surface area (Å²) in [6.07, 6.45) is -1.68. The van der Waals surface area contributed by atoms with Gasteiger partial charge in [0.15, 0.2) is 10.8 Å². The predicted molar refractivity (Wildman–Crippen MR) is 153 cm³/mol. The van der Waals surface area contributed by atoms with E-state index in [2.05, 4.69) is 14.8 Å². The molecule has 0 bridgehead atoms. The van der Waals surface area contributed by atoms with Gasteiger partial charge in [-0.1, -0.05) is 18.2 Å². The molecule has 5 rings (SSSR count). The van der Waals surface area contributed by atoms with Crippen molar-refractivity contribution in [2.45, 2.75) is 17.6 Å². The van der Waals surface area contributed by atoms with Crippen molar-refractivity contribution in [3.63, 3.8) is 0 Å². The van der Waals surface area contributed by atoms with E-state index >= 15 is 0 Å². The molecule has 0 radical (unpaired) electrons. The first kappa shape index (κ1) is 28.8. The number of hydrogen-bond donors (Lipinski definition) is 0. The minimum atomic E-state index is -4.60. The molecule has 0 N–H and O–H groups in total. The van der Waals surface area contributed by atoms with Gasteiger partial charge in [0.05, 0.1) is 37.9 Å². The van der Waals surface area contributed by atoms with Gasteiger partial charge >= 0.3 is 6.18 Å².